The van der Waals surface area contributed by atoms with Gasteiger partial charge in [0.15, 0.2) is 0 Å². The summed E-state index contributed by atoms with van der Waals surface area (Å²) in [7, 11) is 0. The third-order valence-electron chi connectivity index (χ3n) is 3.14. The second-order valence-corrected chi connectivity index (χ2v) is 4.81. The molecule has 7 heteroatoms. The highest BCUT2D eigenvalue weighted by Crippen LogP contribution is 2.07. The van der Waals surface area contributed by atoms with Crippen molar-refractivity contribution in [2.45, 2.75) is 58.5 Å². The van der Waals surface area contributed by atoms with E-state index in [1.165, 1.54) is 0 Å². The molecule has 0 aliphatic carbocycles. The van der Waals surface area contributed by atoms with E-state index in [2.05, 4.69) is 5.32 Å². The van der Waals surface area contributed by atoms with Crippen molar-refractivity contribution >= 4 is 17.9 Å². The first-order valence-corrected chi connectivity index (χ1v) is 6.91. The van der Waals surface area contributed by atoms with Gasteiger partial charge in [-0.1, -0.05) is 20.3 Å². The first-order valence-electron chi connectivity index (χ1n) is 6.91. The lowest BCUT2D eigenvalue weighted by Gasteiger charge is -2.30. The Morgan fingerprint density at radius 3 is 2.30 bits per heavy atom. The Hall–Kier alpha value is -1.79. The van der Waals surface area contributed by atoms with Crippen LogP contribution in [0.25, 0.3) is 0 Å². The molecule has 0 radical (unpaired) electrons. The van der Waals surface area contributed by atoms with Crippen molar-refractivity contribution < 1.29 is 19.5 Å². The quantitative estimate of drug-likeness (QED) is 0.585. The number of nitrogens with two attached hydrogens (primary N) is 1. The second kappa shape index (κ2) is 9.17. The number of nitrogens with one attached hydrogen (secondary N) is 1. The number of nitrogens with zero attached hydrogens (tertiary/aromatic N) is 1. The Morgan fingerprint density at radius 2 is 1.90 bits per heavy atom. The molecule has 0 aliphatic heterocycles. The zero-order chi connectivity index (χ0) is 15.7. The molecule has 116 valence electrons. The van der Waals surface area contributed by atoms with Gasteiger partial charge in [0.05, 0.1) is 6.42 Å². The van der Waals surface area contributed by atoms with Gasteiger partial charge < -0.3 is 21.1 Å². The number of hydrogen-bond donors (Lipinski definition) is 3. The highest BCUT2D eigenvalue weighted by atomic mass is 16.4. The molecule has 2 unspecified atom stereocenters. The molecular weight excluding hydrogens is 262 g/mol. The smallest absolute Gasteiger partial charge is 0.326 e. The van der Waals surface area contributed by atoms with Gasteiger partial charge in [-0.15, -0.1) is 0 Å². The molecule has 0 saturated carbocycles. The summed E-state index contributed by atoms with van der Waals surface area (Å²) in [6, 6.07) is -1.75. The highest BCUT2D eigenvalue weighted by molar-refractivity contribution is 5.87. The Labute approximate surface area is 119 Å². The Bertz CT molecular complexity index is 347. The molecule has 0 aliphatic rings. The lowest BCUT2D eigenvalue weighted by molar-refractivity contribution is -0.141. The van der Waals surface area contributed by atoms with Crippen molar-refractivity contribution in [2.75, 3.05) is 6.54 Å². The molecule has 0 rings (SSSR count). The number of rotatable bonds is 9. The van der Waals surface area contributed by atoms with Gasteiger partial charge in [0.1, 0.15) is 6.04 Å². The normalized spacial score (nSPS) is 13.3. The Morgan fingerprint density at radius 1 is 1.30 bits per heavy atom. The molecule has 0 aromatic rings. The molecule has 0 bridgehead atoms. The molecule has 0 aromatic carbocycles. The zero-order valence-electron chi connectivity index (χ0n) is 12.4. The van der Waals surface area contributed by atoms with Gasteiger partial charge in [-0.3, -0.25) is 4.79 Å². The molecule has 2 atom stereocenters. The standard InChI is InChI=1S/C13H25N3O4/c1-4-6-7-16(9(3)5-2)13(20)15-10(12(18)19)8-11(14)17/h9-10H,4-8H2,1-3H3,(H2,14,17)(H,15,20)(H,18,19). The molecule has 4 N–H and O–H groups in total. The number of hydrogen-bond acceptors (Lipinski definition) is 3. The molecule has 7 nitrogen and oxygen atoms in total. The van der Waals surface area contributed by atoms with Gasteiger partial charge in [0, 0.05) is 12.6 Å². The van der Waals surface area contributed by atoms with E-state index < -0.39 is 30.4 Å². The number of carboxylic acids is 1. The van der Waals surface area contributed by atoms with Gasteiger partial charge in [0.2, 0.25) is 5.91 Å². The van der Waals surface area contributed by atoms with Crippen molar-refractivity contribution in [3.8, 4) is 0 Å². The molecule has 0 saturated heterocycles. The highest BCUT2D eigenvalue weighted by Gasteiger charge is 2.26. The van der Waals surface area contributed by atoms with Gasteiger partial charge >= 0.3 is 12.0 Å². The average molecular weight is 287 g/mol. The number of carbonyl (C=O) groups is 3. The fraction of sp³-hybridized carbons (Fsp3) is 0.769. The topological polar surface area (TPSA) is 113 Å². The van der Waals surface area contributed by atoms with Crippen molar-refractivity contribution in [3.05, 3.63) is 0 Å². The molecule has 0 heterocycles. The van der Waals surface area contributed by atoms with Crippen LogP contribution in [0.1, 0.15) is 46.5 Å². The minimum atomic E-state index is -1.28. The Kier molecular flexibility index (Phi) is 8.35. The van der Waals surface area contributed by atoms with E-state index in [1.807, 2.05) is 20.8 Å². The third kappa shape index (κ3) is 6.40. The summed E-state index contributed by atoms with van der Waals surface area (Å²) in [4.78, 5) is 35.6. The van der Waals surface area contributed by atoms with Gasteiger partial charge in [-0.25, -0.2) is 9.59 Å². The molecule has 0 fully saturated rings. The summed E-state index contributed by atoms with van der Waals surface area (Å²) < 4.78 is 0. The summed E-state index contributed by atoms with van der Waals surface area (Å²) in [5.74, 6) is -2.03. The summed E-state index contributed by atoms with van der Waals surface area (Å²) in [6.45, 7) is 6.42. The van der Waals surface area contributed by atoms with Crippen LogP contribution in [0.2, 0.25) is 0 Å². The maximum Gasteiger partial charge on any atom is 0.326 e. The second-order valence-electron chi connectivity index (χ2n) is 4.81. The number of unbranched alkanes of at least 4 members (excludes halogenated alkanes) is 1. The van der Waals surface area contributed by atoms with Crippen LogP contribution in [-0.4, -0.2) is 46.5 Å². The van der Waals surface area contributed by atoms with Gasteiger partial charge in [-0.2, -0.15) is 0 Å². The number of primary amides is 1. The van der Waals surface area contributed by atoms with Crippen molar-refractivity contribution in [2.24, 2.45) is 5.73 Å². The lowest BCUT2D eigenvalue weighted by Crippen LogP contribution is -2.51. The monoisotopic (exact) mass is 287 g/mol. The van der Waals surface area contributed by atoms with Crippen molar-refractivity contribution in [1.82, 2.24) is 10.2 Å². The number of amides is 3. The van der Waals surface area contributed by atoms with Crippen LogP contribution in [0, 0.1) is 0 Å². The fourth-order valence-corrected chi connectivity index (χ4v) is 1.70. The largest absolute Gasteiger partial charge is 0.480 e. The molecule has 0 aromatic heterocycles. The van der Waals surface area contributed by atoms with Crippen LogP contribution in [0.4, 0.5) is 4.79 Å². The maximum atomic E-state index is 12.1. The van der Waals surface area contributed by atoms with E-state index >= 15 is 0 Å². The fourth-order valence-electron chi connectivity index (χ4n) is 1.70. The van der Waals surface area contributed by atoms with E-state index in [0.29, 0.717) is 6.54 Å². The van der Waals surface area contributed by atoms with E-state index in [9.17, 15) is 14.4 Å². The summed E-state index contributed by atoms with van der Waals surface area (Å²) in [5, 5.41) is 11.3. The number of urea groups is 1. The van der Waals surface area contributed by atoms with E-state index in [0.717, 1.165) is 19.3 Å². The number of carboxylic acid groups (broad SMARTS) is 1. The van der Waals surface area contributed by atoms with Crippen LogP contribution in [0.3, 0.4) is 0 Å². The summed E-state index contributed by atoms with van der Waals surface area (Å²) in [5.41, 5.74) is 4.98. The molecular formula is C13H25N3O4. The minimum Gasteiger partial charge on any atom is -0.480 e. The van der Waals surface area contributed by atoms with E-state index in [1.54, 1.807) is 4.90 Å². The predicted octanol–water partition coefficient (Wildman–Crippen LogP) is 0.925. The molecule has 3 amide bonds. The SMILES string of the molecule is CCCCN(C(=O)NC(CC(N)=O)C(=O)O)C(C)CC. The number of carbonyl (C=O) groups excluding carboxylic acids is 2. The van der Waals surface area contributed by atoms with Crippen LogP contribution < -0.4 is 11.1 Å². The predicted molar refractivity (Wildman–Crippen MR) is 75.1 cm³/mol. The lowest BCUT2D eigenvalue weighted by atomic mass is 10.2. The maximum absolute atomic E-state index is 12.1. The van der Waals surface area contributed by atoms with Crippen molar-refractivity contribution in [3.63, 3.8) is 0 Å². The van der Waals surface area contributed by atoms with E-state index in [4.69, 9.17) is 10.8 Å². The zero-order valence-corrected chi connectivity index (χ0v) is 12.4. The minimum absolute atomic E-state index is 0.00423. The molecule has 0 spiro atoms. The first-order chi connectivity index (χ1) is 9.33. The molecule has 20 heavy (non-hydrogen) atoms. The van der Waals surface area contributed by atoms with Gasteiger partial charge in [-0.05, 0) is 19.8 Å². The third-order valence-corrected chi connectivity index (χ3v) is 3.14. The van der Waals surface area contributed by atoms with Gasteiger partial charge in [0.25, 0.3) is 0 Å². The number of aliphatic carboxylic acids is 1. The van der Waals surface area contributed by atoms with Crippen LogP contribution in [0.5, 0.6) is 0 Å². The summed E-state index contributed by atoms with van der Waals surface area (Å²) in [6.07, 6.45) is 2.13. The Balaban J connectivity index is 4.77. The van der Waals surface area contributed by atoms with Crippen LogP contribution >= 0.6 is 0 Å². The summed E-state index contributed by atoms with van der Waals surface area (Å²) >= 11 is 0. The first kappa shape index (κ1) is 18.2. The average Bonchev–Trinajstić information content (AvgIpc) is 2.37. The van der Waals surface area contributed by atoms with Crippen LogP contribution in [0.15, 0.2) is 0 Å². The van der Waals surface area contributed by atoms with Crippen molar-refractivity contribution in [1.29, 1.82) is 0 Å². The van der Waals surface area contributed by atoms with Crippen LogP contribution in [-0.2, 0) is 9.59 Å². The van der Waals surface area contributed by atoms with E-state index in [-0.39, 0.29) is 6.04 Å².